The molecule has 1 radical (unpaired) electrons. The van der Waals surface area contributed by atoms with Gasteiger partial charge in [-0.3, -0.25) is 4.90 Å². The van der Waals surface area contributed by atoms with Crippen LogP contribution in [0.4, 0.5) is 0 Å². The van der Waals surface area contributed by atoms with E-state index in [2.05, 4.69) is 18.4 Å². The third-order valence-corrected chi connectivity index (χ3v) is 2.76. The molecule has 0 aliphatic carbocycles. The molecule has 1 aliphatic rings. The standard InChI is InChI=1S/C12H24NO3/c1-4-6-12(14-3,16-5-2)11-13-7-9-15-10-8-13/h11H,4-10H2,1-3H3. The predicted octanol–water partition coefficient (Wildman–Crippen LogP) is 1.66. The Morgan fingerprint density at radius 1 is 1.31 bits per heavy atom. The van der Waals surface area contributed by atoms with Crippen molar-refractivity contribution in [2.24, 2.45) is 0 Å². The van der Waals surface area contributed by atoms with Crippen molar-refractivity contribution >= 4 is 0 Å². The largest absolute Gasteiger partial charge is 0.379 e. The molecule has 95 valence electrons. The molecule has 1 unspecified atom stereocenters. The van der Waals surface area contributed by atoms with E-state index in [1.165, 1.54) is 0 Å². The fourth-order valence-corrected chi connectivity index (χ4v) is 1.97. The number of hydrogen-bond donors (Lipinski definition) is 0. The zero-order valence-electron chi connectivity index (χ0n) is 10.7. The number of ether oxygens (including phenoxy) is 3. The van der Waals surface area contributed by atoms with Gasteiger partial charge in [0.05, 0.1) is 19.8 Å². The van der Waals surface area contributed by atoms with Crippen LogP contribution in [-0.2, 0) is 14.2 Å². The van der Waals surface area contributed by atoms with Gasteiger partial charge in [0.25, 0.3) is 0 Å². The fraction of sp³-hybridized carbons (Fsp3) is 0.917. The average Bonchev–Trinajstić information content (AvgIpc) is 2.31. The van der Waals surface area contributed by atoms with Gasteiger partial charge in [-0.15, -0.1) is 0 Å². The topological polar surface area (TPSA) is 30.9 Å². The van der Waals surface area contributed by atoms with Gasteiger partial charge in [0.1, 0.15) is 0 Å². The van der Waals surface area contributed by atoms with Crippen molar-refractivity contribution < 1.29 is 14.2 Å². The van der Waals surface area contributed by atoms with E-state index in [1.807, 2.05) is 6.92 Å². The summed E-state index contributed by atoms with van der Waals surface area (Å²) >= 11 is 0. The highest BCUT2D eigenvalue weighted by atomic mass is 16.7. The van der Waals surface area contributed by atoms with Crippen LogP contribution in [0.3, 0.4) is 0 Å². The SMILES string of the molecule is CCCC([CH]N1CCOCC1)(OC)OCC. The highest BCUT2D eigenvalue weighted by molar-refractivity contribution is 4.87. The minimum absolute atomic E-state index is 0.555. The lowest BCUT2D eigenvalue weighted by atomic mass is 10.1. The van der Waals surface area contributed by atoms with Crippen LogP contribution in [0.15, 0.2) is 0 Å². The minimum Gasteiger partial charge on any atom is -0.379 e. The van der Waals surface area contributed by atoms with Crippen LogP contribution in [0.1, 0.15) is 26.7 Å². The third-order valence-electron chi connectivity index (χ3n) is 2.76. The Kier molecular flexibility index (Phi) is 6.28. The molecule has 1 saturated heterocycles. The van der Waals surface area contributed by atoms with Crippen molar-refractivity contribution in [3.8, 4) is 0 Å². The van der Waals surface area contributed by atoms with Gasteiger partial charge in [0, 0.05) is 33.2 Å². The van der Waals surface area contributed by atoms with E-state index in [4.69, 9.17) is 14.2 Å². The molecule has 0 bridgehead atoms. The number of nitrogens with zero attached hydrogens (tertiary/aromatic N) is 1. The predicted molar refractivity (Wildman–Crippen MR) is 63.0 cm³/mol. The summed E-state index contributed by atoms with van der Waals surface area (Å²) in [4.78, 5) is 2.23. The van der Waals surface area contributed by atoms with Crippen LogP contribution in [0, 0.1) is 6.54 Å². The van der Waals surface area contributed by atoms with Gasteiger partial charge in [-0.25, -0.2) is 0 Å². The molecule has 4 heteroatoms. The van der Waals surface area contributed by atoms with Crippen LogP contribution < -0.4 is 0 Å². The van der Waals surface area contributed by atoms with Crippen molar-refractivity contribution in [1.29, 1.82) is 0 Å². The molecule has 0 spiro atoms. The summed E-state index contributed by atoms with van der Waals surface area (Å²) in [7, 11) is 1.71. The van der Waals surface area contributed by atoms with Crippen LogP contribution in [0.25, 0.3) is 0 Å². The first kappa shape index (κ1) is 13.9. The highest BCUT2D eigenvalue weighted by Gasteiger charge is 2.33. The molecule has 1 heterocycles. The van der Waals surface area contributed by atoms with E-state index in [-0.39, 0.29) is 0 Å². The van der Waals surface area contributed by atoms with Crippen LogP contribution >= 0.6 is 0 Å². The summed E-state index contributed by atoms with van der Waals surface area (Å²) in [5.74, 6) is -0.555. The van der Waals surface area contributed by atoms with Crippen molar-refractivity contribution in [1.82, 2.24) is 4.90 Å². The maximum Gasteiger partial charge on any atom is 0.185 e. The Hall–Kier alpha value is -0.160. The number of hydrogen-bond acceptors (Lipinski definition) is 4. The van der Waals surface area contributed by atoms with E-state index in [0.29, 0.717) is 6.61 Å². The zero-order valence-corrected chi connectivity index (χ0v) is 10.7. The van der Waals surface area contributed by atoms with Crippen molar-refractivity contribution in [3.63, 3.8) is 0 Å². The molecule has 1 aliphatic heterocycles. The second-order valence-electron chi connectivity index (χ2n) is 3.98. The molecule has 0 saturated carbocycles. The minimum atomic E-state index is -0.555. The molecule has 0 aromatic heterocycles. The van der Waals surface area contributed by atoms with Crippen LogP contribution in [0.5, 0.6) is 0 Å². The second kappa shape index (κ2) is 7.22. The molecule has 0 aromatic rings. The van der Waals surface area contributed by atoms with Crippen LogP contribution in [0.2, 0.25) is 0 Å². The van der Waals surface area contributed by atoms with Gasteiger partial charge < -0.3 is 14.2 Å². The van der Waals surface area contributed by atoms with E-state index < -0.39 is 5.79 Å². The molecular weight excluding hydrogens is 206 g/mol. The number of morpholine rings is 1. The van der Waals surface area contributed by atoms with Gasteiger partial charge in [-0.1, -0.05) is 13.3 Å². The Morgan fingerprint density at radius 2 is 2.00 bits per heavy atom. The number of methoxy groups -OCH3 is 1. The maximum atomic E-state index is 5.76. The lowest BCUT2D eigenvalue weighted by Crippen LogP contribution is -2.46. The van der Waals surface area contributed by atoms with Gasteiger partial charge in [0.15, 0.2) is 5.79 Å². The summed E-state index contributed by atoms with van der Waals surface area (Å²) < 4.78 is 16.6. The van der Waals surface area contributed by atoms with E-state index in [1.54, 1.807) is 7.11 Å². The summed E-state index contributed by atoms with van der Waals surface area (Å²) in [5, 5.41) is 0. The first-order valence-corrected chi connectivity index (χ1v) is 6.13. The van der Waals surface area contributed by atoms with Gasteiger partial charge in [-0.05, 0) is 6.92 Å². The molecular formula is C12H24NO3. The Morgan fingerprint density at radius 3 is 2.50 bits per heavy atom. The lowest BCUT2D eigenvalue weighted by molar-refractivity contribution is -0.215. The first-order valence-electron chi connectivity index (χ1n) is 6.13. The Bertz CT molecular complexity index is 175. The van der Waals surface area contributed by atoms with E-state index in [0.717, 1.165) is 39.1 Å². The average molecular weight is 230 g/mol. The van der Waals surface area contributed by atoms with Gasteiger partial charge >= 0.3 is 0 Å². The monoisotopic (exact) mass is 230 g/mol. The maximum absolute atomic E-state index is 5.76. The third kappa shape index (κ3) is 4.01. The summed E-state index contributed by atoms with van der Waals surface area (Å²) in [6.45, 7) is 10.3. The molecule has 16 heavy (non-hydrogen) atoms. The molecule has 1 rings (SSSR count). The molecule has 0 N–H and O–H groups in total. The first-order chi connectivity index (χ1) is 7.76. The molecule has 1 fully saturated rings. The molecule has 4 nitrogen and oxygen atoms in total. The smallest absolute Gasteiger partial charge is 0.185 e. The highest BCUT2D eigenvalue weighted by Crippen LogP contribution is 2.25. The zero-order chi connectivity index (χ0) is 11.9. The van der Waals surface area contributed by atoms with Crippen molar-refractivity contribution in [2.75, 3.05) is 40.0 Å². The van der Waals surface area contributed by atoms with Crippen molar-refractivity contribution in [2.45, 2.75) is 32.5 Å². The van der Waals surface area contributed by atoms with Gasteiger partial charge in [-0.2, -0.15) is 0 Å². The fourth-order valence-electron chi connectivity index (χ4n) is 1.97. The molecule has 0 amide bonds. The normalized spacial score (nSPS) is 21.9. The lowest BCUT2D eigenvalue weighted by Gasteiger charge is -2.37. The summed E-state index contributed by atoms with van der Waals surface area (Å²) in [6.07, 6.45) is 1.92. The molecule has 0 aromatic carbocycles. The Balaban J connectivity index is 2.52. The van der Waals surface area contributed by atoms with E-state index in [9.17, 15) is 0 Å². The summed E-state index contributed by atoms with van der Waals surface area (Å²) in [6, 6.07) is 0. The Labute approximate surface area is 98.8 Å². The van der Waals surface area contributed by atoms with E-state index >= 15 is 0 Å². The van der Waals surface area contributed by atoms with Crippen molar-refractivity contribution in [3.05, 3.63) is 6.54 Å². The quantitative estimate of drug-likeness (QED) is 0.622. The summed E-state index contributed by atoms with van der Waals surface area (Å²) in [5.41, 5.74) is 0. The molecule has 1 atom stereocenters. The van der Waals surface area contributed by atoms with Crippen LogP contribution in [-0.4, -0.2) is 50.7 Å². The van der Waals surface area contributed by atoms with Gasteiger partial charge in [0.2, 0.25) is 0 Å². The second-order valence-corrected chi connectivity index (χ2v) is 3.98. The number of rotatable bonds is 7.